The zero-order chi connectivity index (χ0) is 16.2. The monoisotopic (exact) mass is 303 g/mol. The summed E-state index contributed by atoms with van der Waals surface area (Å²) in [5.41, 5.74) is 2.32. The van der Waals surface area contributed by atoms with Gasteiger partial charge in [0.05, 0.1) is 4.92 Å². The maximum absolute atomic E-state index is 10.9. The summed E-state index contributed by atoms with van der Waals surface area (Å²) in [4.78, 5) is 10.2. The number of rotatable bonds is 4. The molecule has 0 saturated heterocycles. The van der Waals surface area contributed by atoms with Crippen LogP contribution in [0, 0.1) is 21.4 Å². The Hall–Kier alpha value is -3.39. The van der Waals surface area contributed by atoms with E-state index in [0.717, 1.165) is 16.5 Å². The molecule has 1 aromatic heterocycles. The number of hydrogen-bond donors (Lipinski definition) is 0. The number of nitriles is 1. The molecule has 1 heterocycles. The summed E-state index contributed by atoms with van der Waals surface area (Å²) >= 11 is 0. The van der Waals surface area contributed by atoms with Crippen molar-refractivity contribution >= 4 is 17.0 Å². The largest absolute Gasteiger partial charge is 0.346 e. The van der Waals surface area contributed by atoms with Crippen molar-refractivity contribution in [2.45, 2.75) is 6.54 Å². The molecule has 112 valence electrons. The van der Waals surface area contributed by atoms with Gasteiger partial charge in [0, 0.05) is 35.3 Å². The molecule has 0 fully saturated rings. The molecule has 0 amide bonds. The maximum Gasteiger partial charge on any atom is 0.346 e. The molecule has 0 atom stereocenters. The lowest BCUT2D eigenvalue weighted by molar-refractivity contribution is -0.415. The van der Waals surface area contributed by atoms with Crippen molar-refractivity contribution in [1.29, 1.82) is 5.26 Å². The molecule has 0 saturated carbocycles. The Kier molecular flexibility index (Phi) is 3.89. The van der Waals surface area contributed by atoms with Gasteiger partial charge < -0.3 is 4.57 Å². The van der Waals surface area contributed by atoms with Gasteiger partial charge in [0.2, 0.25) is 0 Å². The molecule has 0 spiro atoms. The molecule has 3 rings (SSSR count). The Bertz CT molecular complexity index is 934. The predicted molar refractivity (Wildman–Crippen MR) is 88.1 cm³/mol. The Morgan fingerprint density at radius 2 is 1.87 bits per heavy atom. The molecule has 0 N–H and O–H groups in total. The number of allylic oxidation sites excluding steroid dienone is 1. The highest BCUT2D eigenvalue weighted by Gasteiger charge is 2.13. The lowest BCUT2D eigenvalue weighted by Crippen LogP contribution is -1.97. The Balaban J connectivity index is 2.11. The summed E-state index contributed by atoms with van der Waals surface area (Å²) < 4.78 is 2.03. The first-order valence-corrected chi connectivity index (χ1v) is 7.07. The lowest BCUT2D eigenvalue weighted by atomic mass is 10.1. The van der Waals surface area contributed by atoms with Crippen LogP contribution >= 0.6 is 0 Å². The van der Waals surface area contributed by atoms with Crippen molar-refractivity contribution < 1.29 is 4.92 Å². The van der Waals surface area contributed by atoms with E-state index in [1.165, 1.54) is 6.08 Å². The van der Waals surface area contributed by atoms with Crippen LogP contribution < -0.4 is 0 Å². The molecule has 0 radical (unpaired) electrons. The number of nitrogens with zero attached hydrogens (tertiary/aromatic N) is 3. The molecule has 0 bridgehead atoms. The van der Waals surface area contributed by atoms with Crippen molar-refractivity contribution in [3.8, 4) is 6.07 Å². The van der Waals surface area contributed by atoms with Gasteiger partial charge in [-0.2, -0.15) is 5.26 Å². The second-order valence-electron chi connectivity index (χ2n) is 5.11. The first-order valence-electron chi connectivity index (χ1n) is 7.07. The minimum absolute atomic E-state index is 0.465. The first-order chi connectivity index (χ1) is 11.2. The molecule has 5 heteroatoms. The van der Waals surface area contributed by atoms with E-state index in [1.54, 1.807) is 6.07 Å². The zero-order valence-corrected chi connectivity index (χ0v) is 12.2. The van der Waals surface area contributed by atoms with Gasteiger partial charge >= 0.3 is 5.70 Å². The molecule has 2 aromatic carbocycles. The number of aromatic nitrogens is 1. The molecule has 0 unspecified atom stereocenters. The van der Waals surface area contributed by atoms with Crippen LogP contribution in [-0.2, 0) is 6.54 Å². The van der Waals surface area contributed by atoms with Crippen LogP contribution in [0.4, 0.5) is 0 Å². The van der Waals surface area contributed by atoms with Crippen LogP contribution in [0.1, 0.15) is 11.1 Å². The molecular weight excluding hydrogens is 290 g/mol. The Morgan fingerprint density at radius 3 is 2.57 bits per heavy atom. The van der Waals surface area contributed by atoms with Crippen molar-refractivity contribution in [3.05, 3.63) is 87.7 Å². The van der Waals surface area contributed by atoms with Crippen LogP contribution in [0.25, 0.3) is 17.0 Å². The molecule has 0 aliphatic rings. The molecule has 5 nitrogen and oxygen atoms in total. The fourth-order valence-electron chi connectivity index (χ4n) is 2.57. The highest BCUT2D eigenvalue weighted by molar-refractivity contribution is 5.90. The molecule has 0 aliphatic heterocycles. The quantitative estimate of drug-likeness (QED) is 0.418. The van der Waals surface area contributed by atoms with E-state index in [0.29, 0.717) is 12.1 Å². The highest BCUT2D eigenvalue weighted by Crippen LogP contribution is 2.24. The maximum atomic E-state index is 10.9. The standard InChI is InChI=1S/C18H13N3O2/c19-11-16(21(22)23)10-15-13-20(12-14-6-2-1-3-7-14)18-9-5-4-8-17(15)18/h1-10,13H,12H2/b16-10+. The van der Waals surface area contributed by atoms with Crippen molar-refractivity contribution in [1.82, 2.24) is 4.57 Å². The SMILES string of the molecule is N#C/C(=C\c1cn(Cc2ccccc2)c2ccccc12)[N+](=O)[O-]. The van der Waals surface area contributed by atoms with Crippen molar-refractivity contribution in [2.24, 2.45) is 0 Å². The number of nitro groups is 1. The predicted octanol–water partition coefficient (Wildman–Crippen LogP) is 3.83. The van der Waals surface area contributed by atoms with Gasteiger partial charge in [-0.25, -0.2) is 0 Å². The van der Waals surface area contributed by atoms with Crippen LogP contribution in [0.3, 0.4) is 0 Å². The van der Waals surface area contributed by atoms with Crippen LogP contribution in [0.15, 0.2) is 66.5 Å². The van der Waals surface area contributed by atoms with Gasteiger partial charge in [-0.1, -0.05) is 48.5 Å². The van der Waals surface area contributed by atoms with E-state index < -0.39 is 10.6 Å². The van der Waals surface area contributed by atoms with Crippen LogP contribution in [-0.4, -0.2) is 9.49 Å². The van der Waals surface area contributed by atoms with E-state index in [-0.39, 0.29) is 0 Å². The Labute approximate surface area is 132 Å². The minimum atomic E-state index is -0.663. The third-order valence-electron chi connectivity index (χ3n) is 3.62. The first kappa shape index (κ1) is 14.5. The van der Waals surface area contributed by atoms with E-state index >= 15 is 0 Å². The lowest BCUT2D eigenvalue weighted by Gasteiger charge is -2.05. The van der Waals surface area contributed by atoms with E-state index in [4.69, 9.17) is 5.26 Å². The topological polar surface area (TPSA) is 71.9 Å². The van der Waals surface area contributed by atoms with Gasteiger partial charge in [-0.15, -0.1) is 0 Å². The molecular formula is C18H13N3O2. The van der Waals surface area contributed by atoms with Crippen LogP contribution in [0.5, 0.6) is 0 Å². The highest BCUT2D eigenvalue weighted by atomic mass is 16.6. The summed E-state index contributed by atoms with van der Waals surface area (Å²) in [6, 6.07) is 19.3. The average molecular weight is 303 g/mol. The van der Waals surface area contributed by atoms with Crippen molar-refractivity contribution in [3.63, 3.8) is 0 Å². The average Bonchev–Trinajstić information content (AvgIpc) is 2.91. The van der Waals surface area contributed by atoms with Gasteiger partial charge in [-0.05, 0) is 11.6 Å². The van der Waals surface area contributed by atoms with Gasteiger partial charge in [0.15, 0.2) is 6.07 Å². The van der Waals surface area contributed by atoms with E-state index in [2.05, 4.69) is 0 Å². The van der Waals surface area contributed by atoms with Crippen LogP contribution in [0.2, 0.25) is 0 Å². The molecule has 3 aromatic rings. The number of benzene rings is 2. The third kappa shape index (κ3) is 2.97. The summed E-state index contributed by atoms with van der Waals surface area (Å²) in [5.74, 6) is 0. The Morgan fingerprint density at radius 1 is 1.17 bits per heavy atom. The smallest absolute Gasteiger partial charge is 0.342 e. The number of fused-ring (bicyclic) bond motifs is 1. The van der Waals surface area contributed by atoms with Crippen molar-refractivity contribution in [2.75, 3.05) is 0 Å². The summed E-state index contributed by atoms with van der Waals surface area (Å²) in [6.07, 6.45) is 3.17. The van der Waals surface area contributed by atoms with Gasteiger partial charge in [0.25, 0.3) is 0 Å². The summed E-state index contributed by atoms with van der Waals surface area (Å²) in [7, 11) is 0. The van der Waals surface area contributed by atoms with Gasteiger partial charge in [0.1, 0.15) is 0 Å². The number of para-hydroxylation sites is 1. The fraction of sp³-hybridized carbons (Fsp3) is 0.0556. The van der Waals surface area contributed by atoms with E-state index in [9.17, 15) is 10.1 Å². The molecule has 0 aliphatic carbocycles. The minimum Gasteiger partial charge on any atom is -0.342 e. The van der Waals surface area contributed by atoms with Gasteiger partial charge in [-0.3, -0.25) is 10.1 Å². The second kappa shape index (κ2) is 6.16. The number of hydrogen-bond acceptors (Lipinski definition) is 3. The summed E-state index contributed by atoms with van der Waals surface area (Å²) in [5, 5.41) is 20.7. The second-order valence-corrected chi connectivity index (χ2v) is 5.11. The molecule has 23 heavy (non-hydrogen) atoms. The zero-order valence-electron chi connectivity index (χ0n) is 12.2. The van der Waals surface area contributed by atoms with E-state index in [1.807, 2.05) is 65.4 Å². The normalized spacial score (nSPS) is 11.3. The fourth-order valence-corrected chi connectivity index (χ4v) is 2.57. The third-order valence-corrected chi connectivity index (χ3v) is 3.62. The summed E-state index contributed by atoms with van der Waals surface area (Å²) in [6.45, 7) is 0.662.